The van der Waals surface area contributed by atoms with Crippen LogP contribution < -0.4 is 0 Å². The van der Waals surface area contributed by atoms with Gasteiger partial charge in [-0.05, 0) is 47.3 Å². The minimum Gasteiger partial charge on any atom is -0.396 e. The van der Waals surface area contributed by atoms with E-state index in [1.54, 1.807) is 0 Å². The highest BCUT2D eigenvalue weighted by molar-refractivity contribution is 7.38. The summed E-state index contributed by atoms with van der Waals surface area (Å²) in [7, 11) is -2.62. The Hall–Kier alpha value is -0.550. The van der Waals surface area contributed by atoms with Crippen molar-refractivity contribution >= 4 is 8.60 Å². The van der Waals surface area contributed by atoms with Crippen molar-refractivity contribution in [2.75, 3.05) is 6.61 Å². The molecule has 30 heavy (non-hydrogen) atoms. The van der Waals surface area contributed by atoms with Crippen molar-refractivity contribution in [1.29, 1.82) is 0 Å². The highest BCUT2D eigenvalue weighted by Crippen LogP contribution is 2.47. The van der Waals surface area contributed by atoms with Crippen LogP contribution in [0, 0.1) is 12.3 Å². The minimum atomic E-state index is -2.62. The van der Waals surface area contributed by atoms with Crippen LogP contribution in [0.25, 0.3) is 0 Å². The molecule has 0 aliphatic rings. The molecule has 2 atom stereocenters. The third kappa shape index (κ3) is 8.18. The van der Waals surface area contributed by atoms with Gasteiger partial charge in [-0.15, -0.1) is 0 Å². The van der Waals surface area contributed by atoms with Crippen LogP contribution in [0.2, 0.25) is 0 Å². The van der Waals surface area contributed by atoms with Crippen molar-refractivity contribution in [3.8, 4) is 0 Å². The molecule has 0 spiro atoms. The van der Waals surface area contributed by atoms with Gasteiger partial charge in [-0.2, -0.15) is 0 Å². The highest BCUT2D eigenvalue weighted by atomic mass is 31.2. The molecule has 176 valence electrons. The number of benzene rings is 1. The zero-order valence-electron chi connectivity index (χ0n) is 20.5. The van der Waals surface area contributed by atoms with Crippen molar-refractivity contribution in [1.82, 2.24) is 0 Å². The van der Waals surface area contributed by atoms with Crippen LogP contribution in [0.15, 0.2) is 12.1 Å². The predicted molar refractivity (Wildman–Crippen MR) is 126 cm³/mol. The molecule has 6 heteroatoms. The summed E-state index contributed by atoms with van der Waals surface area (Å²) < 4.78 is 0. The average molecular weight is 445 g/mol. The van der Waals surface area contributed by atoms with Crippen LogP contribution in [0.4, 0.5) is 0 Å². The molecule has 1 rings (SSSR count). The SMILES string of the molecule is CCCCC(CC)(CO)C(O)c1c(C(C)(C)C)cc(C)cc1C(C)(C)C.OP(O)O. The molecule has 0 radical (unpaired) electrons. The van der Waals surface area contributed by atoms with Gasteiger partial charge in [0.15, 0.2) is 0 Å². The molecule has 0 aliphatic heterocycles. The number of aliphatic hydroxyl groups excluding tert-OH is 2. The number of unbranched alkanes of at least 4 members (excludes halogenated alkanes) is 1. The van der Waals surface area contributed by atoms with E-state index in [0.29, 0.717) is 0 Å². The Morgan fingerprint density at radius 3 is 1.57 bits per heavy atom. The Bertz CT molecular complexity index is 602. The lowest BCUT2D eigenvalue weighted by molar-refractivity contribution is -0.0319. The summed E-state index contributed by atoms with van der Waals surface area (Å²) in [6, 6.07) is 4.46. The molecule has 1 aromatic carbocycles. The van der Waals surface area contributed by atoms with E-state index in [0.717, 1.165) is 31.2 Å². The maximum atomic E-state index is 11.7. The van der Waals surface area contributed by atoms with E-state index in [1.807, 2.05) is 0 Å². The fraction of sp³-hybridized carbons (Fsp3) is 0.750. The quantitative estimate of drug-likeness (QED) is 0.363. The average Bonchev–Trinajstić information content (AvgIpc) is 2.60. The molecule has 2 unspecified atom stereocenters. The summed E-state index contributed by atoms with van der Waals surface area (Å²) in [5.41, 5.74) is 4.07. The summed E-state index contributed by atoms with van der Waals surface area (Å²) in [5.74, 6) is 0. The van der Waals surface area contributed by atoms with Gasteiger partial charge < -0.3 is 24.9 Å². The second kappa shape index (κ2) is 11.9. The van der Waals surface area contributed by atoms with Crippen molar-refractivity contribution in [3.05, 3.63) is 34.4 Å². The smallest absolute Gasteiger partial charge is 0.324 e. The van der Waals surface area contributed by atoms with Gasteiger partial charge in [0, 0.05) is 5.41 Å². The van der Waals surface area contributed by atoms with Gasteiger partial charge >= 0.3 is 8.60 Å². The summed E-state index contributed by atoms with van der Waals surface area (Å²) in [5, 5.41) is 22.0. The molecule has 0 saturated heterocycles. The molecule has 0 amide bonds. The van der Waals surface area contributed by atoms with Gasteiger partial charge in [0.2, 0.25) is 0 Å². The van der Waals surface area contributed by atoms with Crippen LogP contribution in [-0.2, 0) is 10.8 Å². The third-order valence-corrected chi connectivity index (χ3v) is 5.84. The number of aryl methyl sites for hydroxylation is 1. The van der Waals surface area contributed by atoms with Gasteiger partial charge in [-0.25, -0.2) is 0 Å². The van der Waals surface area contributed by atoms with E-state index in [-0.39, 0.29) is 17.4 Å². The first-order valence-corrected chi connectivity index (χ1v) is 12.1. The standard InChI is InChI=1S/C24H42O2.H3O3P/c1-10-12-13-24(11-2,16-25)21(26)20-18(22(4,5)6)14-17(3)15-19(20)23(7,8)9;1-4(2)3/h14-15,21,25-26H,10-13,16H2,1-9H3;1-3H. The van der Waals surface area contributed by atoms with Gasteiger partial charge in [0.25, 0.3) is 0 Å². The van der Waals surface area contributed by atoms with Crippen molar-refractivity contribution in [3.63, 3.8) is 0 Å². The first kappa shape index (κ1) is 29.5. The molecule has 1 aromatic rings. The normalized spacial score (nSPS) is 15.4. The van der Waals surface area contributed by atoms with Crippen LogP contribution in [0.3, 0.4) is 0 Å². The lowest BCUT2D eigenvalue weighted by atomic mass is 9.66. The van der Waals surface area contributed by atoms with E-state index >= 15 is 0 Å². The Morgan fingerprint density at radius 2 is 1.30 bits per heavy atom. The molecule has 0 aliphatic carbocycles. The Morgan fingerprint density at radius 1 is 0.900 bits per heavy atom. The van der Waals surface area contributed by atoms with E-state index < -0.39 is 20.1 Å². The summed E-state index contributed by atoms with van der Waals surface area (Å²) in [4.78, 5) is 21.7. The zero-order valence-corrected chi connectivity index (χ0v) is 21.3. The molecule has 0 heterocycles. The summed E-state index contributed by atoms with van der Waals surface area (Å²) in [6.45, 7) is 19.7. The first-order valence-electron chi connectivity index (χ1n) is 10.9. The van der Waals surface area contributed by atoms with Crippen LogP contribution in [0.1, 0.15) is 109 Å². The largest absolute Gasteiger partial charge is 0.396 e. The second-order valence-corrected chi connectivity index (χ2v) is 11.0. The van der Waals surface area contributed by atoms with Crippen molar-refractivity contribution in [2.24, 2.45) is 5.41 Å². The maximum Gasteiger partial charge on any atom is 0.324 e. The van der Waals surface area contributed by atoms with Crippen LogP contribution in [-0.4, -0.2) is 31.5 Å². The predicted octanol–water partition coefficient (Wildman–Crippen LogP) is 5.39. The van der Waals surface area contributed by atoms with Gasteiger partial charge in [-0.3, -0.25) is 0 Å². The van der Waals surface area contributed by atoms with Gasteiger partial charge in [-0.1, -0.05) is 85.9 Å². The fourth-order valence-corrected chi connectivity index (χ4v) is 3.95. The molecule has 0 saturated carbocycles. The zero-order chi connectivity index (χ0) is 23.9. The van der Waals surface area contributed by atoms with Crippen LogP contribution in [0.5, 0.6) is 0 Å². The number of aliphatic hydroxyl groups is 2. The molecule has 5 N–H and O–H groups in total. The third-order valence-electron chi connectivity index (χ3n) is 5.84. The Balaban J connectivity index is 0.00000192. The number of rotatable bonds is 7. The van der Waals surface area contributed by atoms with E-state index in [9.17, 15) is 10.2 Å². The Kier molecular flexibility index (Phi) is 11.7. The van der Waals surface area contributed by atoms with E-state index in [2.05, 4.69) is 74.4 Å². The highest BCUT2D eigenvalue weighted by Gasteiger charge is 2.41. The van der Waals surface area contributed by atoms with E-state index in [4.69, 9.17) is 14.7 Å². The summed E-state index contributed by atoms with van der Waals surface area (Å²) in [6.07, 6.45) is 3.05. The number of hydrogen-bond acceptors (Lipinski definition) is 5. The molecule has 0 aromatic heterocycles. The number of hydrogen-bond donors (Lipinski definition) is 5. The minimum absolute atomic E-state index is 0.0196. The molecular weight excluding hydrogens is 399 g/mol. The maximum absolute atomic E-state index is 11.7. The molecule has 0 fully saturated rings. The monoisotopic (exact) mass is 444 g/mol. The molecular formula is C24H45O5P. The Labute approximate surface area is 185 Å². The second-order valence-electron chi connectivity index (χ2n) is 10.4. The summed E-state index contributed by atoms with van der Waals surface area (Å²) >= 11 is 0. The lowest BCUT2D eigenvalue weighted by Gasteiger charge is -2.41. The first-order chi connectivity index (χ1) is 13.6. The lowest BCUT2D eigenvalue weighted by Crippen LogP contribution is -2.36. The van der Waals surface area contributed by atoms with Crippen molar-refractivity contribution < 1.29 is 24.9 Å². The van der Waals surface area contributed by atoms with Gasteiger partial charge in [0.1, 0.15) is 0 Å². The van der Waals surface area contributed by atoms with Crippen LogP contribution >= 0.6 is 8.60 Å². The van der Waals surface area contributed by atoms with E-state index in [1.165, 1.54) is 16.7 Å². The van der Waals surface area contributed by atoms with Crippen molar-refractivity contribution in [2.45, 2.75) is 105 Å². The molecule has 5 nitrogen and oxygen atoms in total. The van der Waals surface area contributed by atoms with Gasteiger partial charge in [0.05, 0.1) is 12.7 Å². The molecule has 0 bridgehead atoms. The topological polar surface area (TPSA) is 101 Å². The fourth-order valence-electron chi connectivity index (χ4n) is 3.95.